The molecule has 0 bridgehead atoms. The molecule has 7 heteroatoms. The van der Waals surface area contributed by atoms with E-state index in [9.17, 15) is 18.3 Å². The summed E-state index contributed by atoms with van der Waals surface area (Å²) in [6.07, 6.45) is -0.0986. The molecule has 6 nitrogen and oxygen atoms in total. The Bertz CT molecular complexity index is 611. The van der Waals surface area contributed by atoms with Crippen molar-refractivity contribution in [3.05, 3.63) is 28.8 Å². The summed E-state index contributed by atoms with van der Waals surface area (Å²) in [4.78, 5) is 11.9. The molecule has 0 spiro atoms. The standard InChI is InChI=1S/C13H20N2O4S/c1-4-11(16)7-15-13(17)10-5-8(2)9(3)12(6-10)20(14,18)19/h5-6,11,16H,4,7H2,1-3H3,(H,15,17)(H2,14,18,19)/t11-/m0/s1. The molecule has 0 heterocycles. The molecule has 20 heavy (non-hydrogen) atoms. The van der Waals surface area contributed by atoms with Crippen molar-refractivity contribution in [1.29, 1.82) is 0 Å². The predicted molar refractivity (Wildman–Crippen MR) is 75.9 cm³/mol. The monoisotopic (exact) mass is 300 g/mol. The Morgan fingerprint density at radius 3 is 2.50 bits per heavy atom. The lowest BCUT2D eigenvalue weighted by Gasteiger charge is -2.12. The maximum Gasteiger partial charge on any atom is 0.251 e. The van der Waals surface area contributed by atoms with Gasteiger partial charge in [0, 0.05) is 12.1 Å². The summed E-state index contributed by atoms with van der Waals surface area (Å²) >= 11 is 0. The number of amides is 1. The van der Waals surface area contributed by atoms with Crippen LogP contribution in [0.25, 0.3) is 0 Å². The Morgan fingerprint density at radius 2 is 2.00 bits per heavy atom. The number of rotatable bonds is 5. The van der Waals surface area contributed by atoms with Crippen LogP contribution in [0.1, 0.15) is 34.8 Å². The van der Waals surface area contributed by atoms with Gasteiger partial charge in [-0.1, -0.05) is 6.92 Å². The van der Waals surface area contributed by atoms with Crippen LogP contribution in [-0.4, -0.2) is 32.1 Å². The first kappa shape index (κ1) is 16.6. The van der Waals surface area contributed by atoms with E-state index in [1.54, 1.807) is 26.8 Å². The van der Waals surface area contributed by atoms with Crippen molar-refractivity contribution in [3.63, 3.8) is 0 Å². The van der Waals surface area contributed by atoms with Crippen molar-refractivity contribution >= 4 is 15.9 Å². The zero-order valence-electron chi connectivity index (χ0n) is 11.8. The highest BCUT2D eigenvalue weighted by Gasteiger charge is 2.17. The third kappa shape index (κ3) is 4.03. The second-order valence-electron chi connectivity index (χ2n) is 4.73. The summed E-state index contributed by atoms with van der Waals surface area (Å²) < 4.78 is 23.0. The number of sulfonamides is 1. The fourth-order valence-corrected chi connectivity index (χ4v) is 2.59. The van der Waals surface area contributed by atoms with Gasteiger partial charge in [-0.05, 0) is 43.5 Å². The van der Waals surface area contributed by atoms with Gasteiger partial charge < -0.3 is 10.4 Å². The maximum absolute atomic E-state index is 11.9. The van der Waals surface area contributed by atoms with E-state index >= 15 is 0 Å². The number of nitrogens with one attached hydrogen (secondary N) is 1. The minimum absolute atomic E-state index is 0.0568. The van der Waals surface area contributed by atoms with Crippen molar-refractivity contribution in [2.75, 3.05) is 6.54 Å². The SMILES string of the molecule is CC[C@H](O)CNC(=O)c1cc(C)c(C)c(S(N)(=O)=O)c1. The second-order valence-corrected chi connectivity index (χ2v) is 6.26. The fourth-order valence-electron chi connectivity index (χ4n) is 1.71. The number of aliphatic hydroxyl groups excluding tert-OH is 1. The minimum atomic E-state index is -3.88. The molecule has 1 aromatic rings. The van der Waals surface area contributed by atoms with Gasteiger partial charge in [-0.25, -0.2) is 13.6 Å². The Labute approximate surface area is 119 Å². The number of benzene rings is 1. The fraction of sp³-hybridized carbons (Fsp3) is 0.462. The summed E-state index contributed by atoms with van der Waals surface area (Å²) in [7, 11) is -3.88. The van der Waals surface area contributed by atoms with Crippen LogP contribution < -0.4 is 10.5 Å². The number of hydrogen-bond acceptors (Lipinski definition) is 4. The highest BCUT2D eigenvalue weighted by molar-refractivity contribution is 7.89. The molecule has 0 saturated carbocycles. The van der Waals surface area contributed by atoms with E-state index in [4.69, 9.17) is 5.14 Å². The van der Waals surface area contributed by atoms with E-state index in [0.717, 1.165) is 0 Å². The van der Waals surface area contributed by atoms with Gasteiger partial charge in [0.2, 0.25) is 10.0 Å². The first-order chi connectivity index (χ1) is 9.16. The van der Waals surface area contributed by atoms with Gasteiger partial charge in [0.25, 0.3) is 5.91 Å². The molecule has 0 aromatic heterocycles. The second kappa shape index (κ2) is 6.34. The number of primary sulfonamides is 1. The van der Waals surface area contributed by atoms with Crippen LogP contribution in [0, 0.1) is 13.8 Å². The van der Waals surface area contributed by atoms with Crippen LogP contribution in [0.15, 0.2) is 17.0 Å². The molecular weight excluding hydrogens is 280 g/mol. The third-order valence-electron chi connectivity index (χ3n) is 3.16. The van der Waals surface area contributed by atoms with Crippen LogP contribution in [0.4, 0.5) is 0 Å². The van der Waals surface area contributed by atoms with Crippen molar-refractivity contribution in [2.45, 2.75) is 38.2 Å². The lowest BCUT2D eigenvalue weighted by atomic mass is 10.1. The molecule has 0 saturated heterocycles. The maximum atomic E-state index is 11.9. The molecule has 1 atom stereocenters. The summed E-state index contributed by atoms with van der Waals surface area (Å²) in [6, 6.07) is 2.85. The van der Waals surface area contributed by atoms with E-state index in [-0.39, 0.29) is 17.0 Å². The topological polar surface area (TPSA) is 109 Å². The zero-order valence-corrected chi connectivity index (χ0v) is 12.6. The van der Waals surface area contributed by atoms with E-state index in [2.05, 4.69) is 5.32 Å². The molecule has 0 unspecified atom stereocenters. The highest BCUT2D eigenvalue weighted by atomic mass is 32.2. The van der Waals surface area contributed by atoms with E-state index in [1.807, 2.05) is 0 Å². The quantitative estimate of drug-likeness (QED) is 0.733. The molecule has 0 aliphatic carbocycles. The molecule has 1 rings (SSSR count). The highest BCUT2D eigenvalue weighted by Crippen LogP contribution is 2.20. The molecule has 1 amide bonds. The summed E-state index contributed by atoms with van der Waals surface area (Å²) in [5.74, 6) is -0.439. The van der Waals surface area contributed by atoms with Gasteiger partial charge >= 0.3 is 0 Å². The Hall–Kier alpha value is -1.44. The number of hydrogen-bond donors (Lipinski definition) is 3. The number of nitrogens with two attached hydrogens (primary N) is 1. The van der Waals surface area contributed by atoms with Crippen molar-refractivity contribution in [3.8, 4) is 0 Å². The van der Waals surface area contributed by atoms with Crippen molar-refractivity contribution in [1.82, 2.24) is 5.32 Å². The van der Waals surface area contributed by atoms with Gasteiger partial charge in [0.05, 0.1) is 11.0 Å². The number of aliphatic hydroxyl groups is 1. The number of aryl methyl sites for hydroxylation is 1. The molecule has 1 aromatic carbocycles. The smallest absolute Gasteiger partial charge is 0.251 e. The molecule has 112 valence electrons. The molecular formula is C13H20N2O4S. The summed E-state index contributed by atoms with van der Waals surface area (Å²) in [6.45, 7) is 5.26. The van der Waals surface area contributed by atoms with Crippen LogP contribution >= 0.6 is 0 Å². The first-order valence-corrected chi connectivity index (χ1v) is 7.81. The van der Waals surface area contributed by atoms with Gasteiger partial charge in [-0.3, -0.25) is 4.79 Å². The molecule has 0 fully saturated rings. The number of carbonyl (C=O) groups excluding carboxylic acids is 1. The van der Waals surface area contributed by atoms with Crippen LogP contribution in [0.2, 0.25) is 0 Å². The lowest BCUT2D eigenvalue weighted by molar-refractivity contribution is 0.0913. The van der Waals surface area contributed by atoms with Gasteiger partial charge in [0.15, 0.2) is 0 Å². The molecule has 0 aliphatic heterocycles. The average molecular weight is 300 g/mol. The van der Waals surface area contributed by atoms with Gasteiger partial charge in [-0.15, -0.1) is 0 Å². The Balaban J connectivity index is 3.09. The zero-order chi connectivity index (χ0) is 15.5. The Morgan fingerprint density at radius 1 is 1.40 bits per heavy atom. The van der Waals surface area contributed by atoms with Crippen molar-refractivity contribution < 1.29 is 18.3 Å². The average Bonchev–Trinajstić information content (AvgIpc) is 2.36. The first-order valence-electron chi connectivity index (χ1n) is 6.27. The Kier molecular flexibility index (Phi) is 5.27. The predicted octanol–water partition coefficient (Wildman–Crippen LogP) is 0.452. The number of carbonyl (C=O) groups is 1. The normalized spacial score (nSPS) is 13.1. The van der Waals surface area contributed by atoms with E-state index in [1.165, 1.54) is 6.07 Å². The molecule has 0 aliphatic rings. The summed E-state index contributed by atoms with van der Waals surface area (Å²) in [5, 5.41) is 17.1. The third-order valence-corrected chi connectivity index (χ3v) is 4.20. The van der Waals surface area contributed by atoms with E-state index in [0.29, 0.717) is 17.5 Å². The largest absolute Gasteiger partial charge is 0.391 e. The lowest BCUT2D eigenvalue weighted by Crippen LogP contribution is -2.32. The van der Waals surface area contributed by atoms with Crippen LogP contribution in [-0.2, 0) is 10.0 Å². The van der Waals surface area contributed by atoms with Gasteiger partial charge in [-0.2, -0.15) is 0 Å². The minimum Gasteiger partial charge on any atom is -0.391 e. The van der Waals surface area contributed by atoms with Gasteiger partial charge in [0.1, 0.15) is 0 Å². The molecule has 4 N–H and O–H groups in total. The van der Waals surface area contributed by atoms with Crippen LogP contribution in [0.5, 0.6) is 0 Å². The summed E-state index contributed by atoms with van der Waals surface area (Å²) in [5.41, 5.74) is 1.40. The molecule has 0 radical (unpaired) electrons. The van der Waals surface area contributed by atoms with Crippen LogP contribution in [0.3, 0.4) is 0 Å². The van der Waals surface area contributed by atoms with Crippen molar-refractivity contribution in [2.24, 2.45) is 5.14 Å². The van der Waals surface area contributed by atoms with E-state index < -0.39 is 22.0 Å².